The van der Waals surface area contributed by atoms with E-state index in [1.807, 2.05) is 30.5 Å². The summed E-state index contributed by atoms with van der Waals surface area (Å²) in [6, 6.07) is 5.93. The van der Waals surface area contributed by atoms with Gasteiger partial charge in [-0.25, -0.2) is 4.98 Å². The second-order valence-electron chi connectivity index (χ2n) is 5.60. The van der Waals surface area contributed by atoms with Gasteiger partial charge in [0.1, 0.15) is 0 Å². The minimum Gasteiger partial charge on any atom is -0.302 e. The molecule has 1 N–H and O–H groups in total. The predicted molar refractivity (Wildman–Crippen MR) is 87.5 cm³/mol. The lowest BCUT2D eigenvalue weighted by Gasteiger charge is -2.05. The number of thiazole rings is 1. The molecule has 1 amide bonds. The number of carbonyl (C=O) groups is 2. The zero-order chi connectivity index (χ0) is 15.5. The average Bonchev–Trinajstić information content (AvgIpc) is 3.12. The van der Waals surface area contributed by atoms with Crippen LogP contribution in [0.2, 0.25) is 0 Å². The van der Waals surface area contributed by atoms with Crippen molar-refractivity contribution in [3.8, 4) is 0 Å². The standard InChI is InChI=1S/C17H18N2O2S/c1-11-10-22-17(18-11)19-16(21)8-7-15(20)14-6-5-12-3-2-4-13(12)9-14/h5-6,9-10H,2-4,7-8H2,1H3,(H,18,19,21). The smallest absolute Gasteiger partial charge is 0.226 e. The van der Waals surface area contributed by atoms with Gasteiger partial charge in [-0.1, -0.05) is 12.1 Å². The molecular formula is C17H18N2O2S. The SMILES string of the molecule is Cc1csc(NC(=O)CCC(=O)c2ccc3c(c2)CCC3)n1. The molecule has 0 saturated heterocycles. The molecule has 0 spiro atoms. The molecule has 1 aliphatic carbocycles. The van der Waals surface area contributed by atoms with E-state index in [0.29, 0.717) is 5.13 Å². The lowest BCUT2D eigenvalue weighted by atomic mass is 10.0. The fourth-order valence-electron chi connectivity index (χ4n) is 2.71. The van der Waals surface area contributed by atoms with Gasteiger partial charge in [0, 0.05) is 23.8 Å². The van der Waals surface area contributed by atoms with Crippen molar-refractivity contribution >= 4 is 28.2 Å². The maximum atomic E-state index is 12.2. The molecule has 2 aromatic rings. The van der Waals surface area contributed by atoms with Crippen LogP contribution in [0.5, 0.6) is 0 Å². The molecule has 0 aliphatic heterocycles. The van der Waals surface area contributed by atoms with Crippen LogP contribution in [-0.2, 0) is 17.6 Å². The van der Waals surface area contributed by atoms with Crippen molar-refractivity contribution < 1.29 is 9.59 Å². The van der Waals surface area contributed by atoms with E-state index in [2.05, 4.69) is 10.3 Å². The highest BCUT2D eigenvalue weighted by atomic mass is 32.1. The van der Waals surface area contributed by atoms with E-state index in [1.165, 1.54) is 28.9 Å². The van der Waals surface area contributed by atoms with Gasteiger partial charge in [0.05, 0.1) is 5.69 Å². The zero-order valence-electron chi connectivity index (χ0n) is 12.5. The molecule has 4 nitrogen and oxygen atoms in total. The first-order valence-corrected chi connectivity index (χ1v) is 8.37. The quantitative estimate of drug-likeness (QED) is 0.859. The molecule has 0 unspecified atom stereocenters. The molecule has 3 rings (SSSR count). The van der Waals surface area contributed by atoms with Gasteiger partial charge in [-0.2, -0.15) is 0 Å². The van der Waals surface area contributed by atoms with Crippen molar-refractivity contribution in [2.45, 2.75) is 39.0 Å². The van der Waals surface area contributed by atoms with Crippen LogP contribution in [0.25, 0.3) is 0 Å². The summed E-state index contributed by atoms with van der Waals surface area (Å²) in [5.41, 5.74) is 4.25. The Morgan fingerprint density at radius 1 is 1.23 bits per heavy atom. The van der Waals surface area contributed by atoms with Gasteiger partial charge >= 0.3 is 0 Å². The van der Waals surface area contributed by atoms with E-state index in [4.69, 9.17) is 0 Å². The van der Waals surface area contributed by atoms with Crippen LogP contribution >= 0.6 is 11.3 Å². The van der Waals surface area contributed by atoms with Crippen LogP contribution in [0, 0.1) is 6.92 Å². The highest BCUT2D eigenvalue weighted by Crippen LogP contribution is 2.23. The van der Waals surface area contributed by atoms with Crippen molar-refractivity contribution in [2.24, 2.45) is 0 Å². The van der Waals surface area contributed by atoms with Gasteiger partial charge in [0.25, 0.3) is 0 Å². The molecule has 0 saturated carbocycles. The number of fused-ring (bicyclic) bond motifs is 1. The first kappa shape index (κ1) is 14.9. The molecule has 5 heteroatoms. The van der Waals surface area contributed by atoms with Gasteiger partial charge in [0.15, 0.2) is 10.9 Å². The third kappa shape index (κ3) is 3.42. The predicted octanol–water partition coefficient (Wildman–Crippen LogP) is 3.54. The van der Waals surface area contributed by atoms with E-state index >= 15 is 0 Å². The number of hydrogen-bond donors (Lipinski definition) is 1. The number of nitrogens with zero attached hydrogens (tertiary/aromatic N) is 1. The number of rotatable bonds is 5. The number of aryl methyl sites for hydroxylation is 3. The Morgan fingerprint density at radius 2 is 2.05 bits per heavy atom. The Kier molecular flexibility index (Phi) is 4.34. The van der Waals surface area contributed by atoms with E-state index in [0.717, 1.165) is 24.1 Å². The molecule has 1 aliphatic rings. The van der Waals surface area contributed by atoms with Gasteiger partial charge in [-0.3, -0.25) is 9.59 Å². The van der Waals surface area contributed by atoms with Crippen LogP contribution in [0.15, 0.2) is 23.6 Å². The number of nitrogens with one attached hydrogen (secondary N) is 1. The zero-order valence-corrected chi connectivity index (χ0v) is 13.3. The third-order valence-electron chi connectivity index (χ3n) is 3.86. The topological polar surface area (TPSA) is 59.1 Å². The van der Waals surface area contributed by atoms with Gasteiger partial charge in [-0.05, 0) is 43.4 Å². The summed E-state index contributed by atoms with van der Waals surface area (Å²) in [7, 11) is 0. The van der Waals surface area contributed by atoms with Crippen molar-refractivity contribution in [3.05, 3.63) is 46.0 Å². The second-order valence-corrected chi connectivity index (χ2v) is 6.46. The third-order valence-corrected chi connectivity index (χ3v) is 4.74. The molecule has 22 heavy (non-hydrogen) atoms. The van der Waals surface area contributed by atoms with Crippen molar-refractivity contribution in [1.29, 1.82) is 0 Å². The summed E-state index contributed by atoms with van der Waals surface area (Å²) in [5.74, 6) is -0.135. The van der Waals surface area contributed by atoms with Gasteiger partial charge < -0.3 is 5.32 Å². The number of amides is 1. The fourth-order valence-corrected chi connectivity index (χ4v) is 3.41. The number of ketones is 1. The van der Waals surface area contributed by atoms with Crippen LogP contribution in [-0.4, -0.2) is 16.7 Å². The maximum Gasteiger partial charge on any atom is 0.226 e. The fraction of sp³-hybridized carbons (Fsp3) is 0.353. The minimum absolute atomic E-state index is 0.0279. The monoisotopic (exact) mass is 314 g/mol. The Labute approximate surface area is 133 Å². The Balaban J connectivity index is 1.54. The van der Waals surface area contributed by atoms with Gasteiger partial charge in [0.2, 0.25) is 5.91 Å². The summed E-state index contributed by atoms with van der Waals surface area (Å²) in [6.45, 7) is 1.88. The number of anilines is 1. The first-order chi connectivity index (χ1) is 10.6. The van der Waals surface area contributed by atoms with E-state index < -0.39 is 0 Å². The molecule has 114 valence electrons. The van der Waals surface area contributed by atoms with Crippen LogP contribution in [0.1, 0.15) is 46.4 Å². The number of aromatic nitrogens is 1. The minimum atomic E-state index is -0.163. The average molecular weight is 314 g/mol. The lowest BCUT2D eigenvalue weighted by molar-refractivity contribution is -0.116. The Hall–Kier alpha value is -2.01. The van der Waals surface area contributed by atoms with Crippen LogP contribution in [0.3, 0.4) is 0 Å². The molecular weight excluding hydrogens is 296 g/mol. The van der Waals surface area contributed by atoms with E-state index in [-0.39, 0.29) is 24.5 Å². The highest BCUT2D eigenvalue weighted by molar-refractivity contribution is 7.13. The van der Waals surface area contributed by atoms with Crippen molar-refractivity contribution in [2.75, 3.05) is 5.32 Å². The Bertz CT molecular complexity index is 721. The lowest BCUT2D eigenvalue weighted by Crippen LogP contribution is -2.13. The molecule has 0 fully saturated rings. The number of Topliss-reactive ketones (excluding diaryl/α,β-unsaturated/α-hetero) is 1. The first-order valence-electron chi connectivity index (χ1n) is 7.49. The van der Waals surface area contributed by atoms with E-state index in [1.54, 1.807) is 0 Å². The summed E-state index contributed by atoms with van der Waals surface area (Å²) < 4.78 is 0. The molecule has 1 heterocycles. The number of carbonyl (C=O) groups excluding carboxylic acids is 2. The summed E-state index contributed by atoms with van der Waals surface area (Å²) in [6.07, 6.45) is 3.76. The molecule has 1 aromatic carbocycles. The van der Waals surface area contributed by atoms with Crippen LogP contribution in [0.4, 0.5) is 5.13 Å². The van der Waals surface area contributed by atoms with Crippen LogP contribution < -0.4 is 5.32 Å². The number of benzene rings is 1. The molecule has 0 bridgehead atoms. The molecule has 0 radical (unpaired) electrons. The normalized spacial score (nSPS) is 13.0. The molecule has 0 atom stereocenters. The second kappa shape index (κ2) is 6.40. The largest absolute Gasteiger partial charge is 0.302 e. The van der Waals surface area contributed by atoms with E-state index in [9.17, 15) is 9.59 Å². The van der Waals surface area contributed by atoms with Gasteiger partial charge in [-0.15, -0.1) is 11.3 Å². The van der Waals surface area contributed by atoms with Crippen molar-refractivity contribution in [1.82, 2.24) is 4.98 Å². The highest BCUT2D eigenvalue weighted by Gasteiger charge is 2.15. The molecule has 1 aromatic heterocycles. The summed E-state index contributed by atoms with van der Waals surface area (Å²) >= 11 is 1.39. The Morgan fingerprint density at radius 3 is 2.82 bits per heavy atom. The number of hydrogen-bond acceptors (Lipinski definition) is 4. The summed E-state index contributed by atoms with van der Waals surface area (Å²) in [5, 5.41) is 5.20. The maximum absolute atomic E-state index is 12.2. The van der Waals surface area contributed by atoms with Crippen molar-refractivity contribution in [3.63, 3.8) is 0 Å². The summed E-state index contributed by atoms with van der Waals surface area (Å²) in [4.78, 5) is 28.2.